The van der Waals surface area contributed by atoms with Gasteiger partial charge in [0.15, 0.2) is 5.96 Å². The van der Waals surface area contributed by atoms with Crippen molar-refractivity contribution in [3.63, 3.8) is 0 Å². The number of amides is 1. The van der Waals surface area contributed by atoms with Gasteiger partial charge in [-0.3, -0.25) is 14.7 Å². The lowest BCUT2D eigenvalue weighted by molar-refractivity contribution is -0.121. The number of hydrogen-bond acceptors (Lipinski definition) is 4. The van der Waals surface area contributed by atoms with Crippen LogP contribution in [0, 0.1) is 0 Å². The maximum Gasteiger partial charge on any atom is 0.239 e. The van der Waals surface area contributed by atoms with Crippen LogP contribution in [0.3, 0.4) is 0 Å². The summed E-state index contributed by atoms with van der Waals surface area (Å²) >= 11 is 0. The molecular weight excluding hydrogens is 340 g/mol. The van der Waals surface area contributed by atoms with E-state index in [1.807, 2.05) is 20.8 Å². The number of carbonyl (C=O) groups excluding carboxylic acids is 1. The number of rotatable bonds is 5. The maximum absolute atomic E-state index is 12.1. The van der Waals surface area contributed by atoms with E-state index in [0.29, 0.717) is 5.96 Å². The molecule has 0 atom stereocenters. The van der Waals surface area contributed by atoms with Crippen LogP contribution in [0.5, 0.6) is 0 Å². The first-order valence-electron chi connectivity index (χ1n) is 10.4. The van der Waals surface area contributed by atoms with Crippen LogP contribution < -0.4 is 16.0 Å². The maximum atomic E-state index is 12.1. The van der Waals surface area contributed by atoms with Crippen LogP contribution in [-0.2, 0) is 4.79 Å². The van der Waals surface area contributed by atoms with E-state index in [2.05, 4.69) is 37.8 Å². The topological polar surface area (TPSA) is 72.0 Å². The molecule has 0 bridgehead atoms. The Bertz CT molecular complexity index is 499. The Balaban J connectivity index is 1.91. The van der Waals surface area contributed by atoms with E-state index in [4.69, 9.17) is 0 Å². The van der Waals surface area contributed by atoms with E-state index in [1.54, 1.807) is 7.05 Å². The summed E-state index contributed by atoms with van der Waals surface area (Å²) in [6, 6.07) is 0. The molecule has 2 rings (SSSR count). The minimum absolute atomic E-state index is 0.0181. The third-order valence-corrected chi connectivity index (χ3v) is 5.68. The van der Waals surface area contributed by atoms with Gasteiger partial charge < -0.3 is 20.9 Å². The molecule has 0 spiro atoms. The summed E-state index contributed by atoms with van der Waals surface area (Å²) in [6.07, 6.45) is 6.32. The fourth-order valence-corrected chi connectivity index (χ4v) is 4.10. The Labute approximate surface area is 165 Å². The molecule has 2 fully saturated rings. The second-order valence-corrected chi connectivity index (χ2v) is 9.15. The van der Waals surface area contributed by atoms with Gasteiger partial charge in [0.1, 0.15) is 0 Å². The first-order chi connectivity index (χ1) is 12.7. The molecule has 0 aromatic rings. The van der Waals surface area contributed by atoms with Crippen molar-refractivity contribution < 1.29 is 4.79 Å². The minimum Gasteiger partial charge on any atom is -0.355 e. The van der Waals surface area contributed by atoms with Gasteiger partial charge in [-0.25, -0.2) is 0 Å². The number of likely N-dealkylation sites (tertiary alicyclic amines) is 2. The Morgan fingerprint density at radius 1 is 1.04 bits per heavy atom. The summed E-state index contributed by atoms with van der Waals surface area (Å²) in [6.45, 7) is 11.7. The molecule has 2 saturated heterocycles. The lowest BCUT2D eigenvalue weighted by Gasteiger charge is -2.50. The van der Waals surface area contributed by atoms with Crippen LogP contribution in [0.2, 0.25) is 0 Å². The van der Waals surface area contributed by atoms with Crippen molar-refractivity contribution in [3.8, 4) is 0 Å². The molecule has 3 N–H and O–H groups in total. The summed E-state index contributed by atoms with van der Waals surface area (Å²) in [4.78, 5) is 21.5. The predicted molar refractivity (Wildman–Crippen MR) is 112 cm³/mol. The number of aliphatic imine (C=N–C) groups is 1. The molecule has 0 aromatic carbocycles. The molecule has 0 unspecified atom stereocenters. The molecule has 0 aromatic heterocycles. The largest absolute Gasteiger partial charge is 0.355 e. The fraction of sp³-hybridized carbons (Fsp3) is 0.900. The van der Waals surface area contributed by atoms with Crippen molar-refractivity contribution in [1.82, 2.24) is 25.8 Å². The smallest absolute Gasteiger partial charge is 0.239 e. The highest BCUT2D eigenvalue weighted by Crippen LogP contribution is 2.30. The third kappa shape index (κ3) is 6.96. The van der Waals surface area contributed by atoms with Gasteiger partial charge in [-0.05, 0) is 79.7 Å². The molecule has 0 aliphatic carbocycles. The number of nitrogens with zero attached hydrogens (tertiary/aromatic N) is 3. The van der Waals surface area contributed by atoms with Crippen LogP contribution in [0.4, 0.5) is 0 Å². The average Bonchev–Trinajstić information content (AvgIpc) is 2.63. The van der Waals surface area contributed by atoms with Crippen LogP contribution in [0.1, 0.15) is 52.9 Å². The molecule has 0 radical (unpaired) electrons. The van der Waals surface area contributed by atoms with E-state index >= 15 is 0 Å². The molecule has 7 nitrogen and oxygen atoms in total. The quantitative estimate of drug-likeness (QED) is 0.491. The first kappa shape index (κ1) is 22.0. The summed E-state index contributed by atoms with van der Waals surface area (Å²) < 4.78 is 0. The van der Waals surface area contributed by atoms with E-state index < -0.39 is 0 Å². The monoisotopic (exact) mass is 380 g/mol. The van der Waals surface area contributed by atoms with Gasteiger partial charge in [0.25, 0.3) is 0 Å². The minimum atomic E-state index is -0.220. The summed E-state index contributed by atoms with van der Waals surface area (Å²) in [7, 11) is 3.97. The number of guanidine groups is 1. The number of hydrogen-bond donors (Lipinski definition) is 3. The standard InChI is InChI=1S/C20H40N6O/c1-19(2,3)24-17(27)15-22-18(21-4)23-16-20(9-13-25(5)14-10-20)26-11-7-6-8-12-26/h6-16H2,1-5H3,(H,24,27)(H2,21,22,23). The number of carbonyl (C=O) groups is 1. The van der Waals surface area contributed by atoms with Gasteiger partial charge in [-0.1, -0.05) is 6.42 Å². The molecule has 1 amide bonds. The molecular formula is C20H40N6O. The van der Waals surface area contributed by atoms with Crippen molar-refractivity contribution in [2.24, 2.45) is 4.99 Å². The molecule has 2 aliphatic rings. The molecule has 27 heavy (non-hydrogen) atoms. The number of nitrogens with one attached hydrogen (secondary N) is 3. The van der Waals surface area contributed by atoms with Crippen LogP contribution >= 0.6 is 0 Å². The van der Waals surface area contributed by atoms with Crippen molar-refractivity contribution in [1.29, 1.82) is 0 Å². The fourth-order valence-electron chi connectivity index (χ4n) is 4.10. The summed E-state index contributed by atoms with van der Waals surface area (Å²) in [5.41, 5.74) is -0.0274. The van der Waals surface area contributed by atoms with Crippen molar-refractivity contribution in [2.75, 3.05) is 53.4 Å². The van der Waals surface area contributed by atoms with Crippen molar-refractivity contribution in [2.45, 2.75) is 64.0 Å². The van der Waals surface area contributed by atoms with Gasteiger partial charge in [-0.15, -0.1) is 0 Å². The Morgan fingerprint density at radius 2 is 1.67 bits per heavy atom. The Morgan fingerprint density at radius 3 is 2.22 bits per heavy atom. The van der Waals surface area contributed by atoms with E-state index in [-0.39, 0.29) is 23.5 Å². The molecule has 156 valence electrons. The highest BCUT2D eigenvalue weighted by Gasteiger charge is 2.39. The molecule has 7 heteroatoms. The van der Waals surface area contributed by atoms with Crippen molar-refractivity contribution in [3.05, 3.63) is 0 Å². The van der Waals surface area contributed by atoms with Crippen molar-refractivity contribution >= 4 is 11.9 Å². The first-order valence-corrected chi connectivity index (χ1v) is 10.4. The molecule has 0 saturated carbocycles. The summed E-state index contributed by atoms with van der Waals surface area (Å²) in [5.74, 6) is 0.685. The zero-order valence-electron chi connectivity index (χ0n) is 18.0. The highest BCUT2D eigenvalue weighted by atomic mass is 16.2. The highest BCUT2D eigenvalue weighted by molar-refractivity contribution is 5.86. The van der Waals surface area contributed by atoms with Gasteiger partial charge in [0.05, 0.1) is 6.54 Å². The molecule has 2 aliphatic heterocycles. The SMILES string of the molecule is CN=C(NCC(=O)NC(C)(C)C)NCC1(N2CCCCC2)CCN(C)CC1. The predicted octanol–water partition coefficient (Wildman–Crippen LogP) is 1.02. The Kier molecular flexibility index (Phi) is 7.91. The second-order valence-electron chi connectivity index (χ2n) is 9.15. The molecule has 2 heterocycles. The Hall–Kier alpha value is -1.34. The zero-order chi connectivity index (χ0) is 19.9. The van der Waals surface area contributed by atoms with Gasteiger partial charge in [0, 0.05) is 24.7 Å². The average molecular weight is 381 g/mol. The lowest BCUT2D eigenvalue weighted by atomic mass is 9.84. The van der Waals surface area contributed by atoms with E-state index in [9.17, 15) is 4.79 Å². The second kappa shape index (κ2) is 9.73. The normalized spacial score (nSPS) is 22.3. The van der Waals surface area contributed by atoms with Crippen LogP contribution in [-0.4, -0.2) is 86.1 Å². The summed E-state index contributed by atoms with van der Waals surface area (Å²) in [5, 5.41) is 9.64. The van der Waals surface area contributed by atoms with Crippen LogP contribution in [0.15, 0.2) is 4.99 Å². The van der Waals surface area contributed by atoms with Gasteiger partial charge >= 0.3 is 0 Å². The van der Waals surface area contributed by atoms with Gasteiger partial charge in [0.2, 0.25) is 5.91 Å². The number of piperidine rings is 2. The van der Waals surface area contributed by atoms with Gasteiger partial charge in [-0.2, -0.15) is 0 Å². The lowest BCUT2D eigenvalue weighted by Crippen LogP contribution is -2.62. The van der Waals surface area contributed by atoms with E-state index in [1.165, 1.54) is 45.2 Å². The van der Waals surface area contributed by atoms with Crippen LogP contribution in [0.25, 0.3) is 0 Å². The zero-order valence-corrected chi connectivity index (χ0v) is 18.0. The van der Waals surface area contributed by atoms with E-state index in [0.717, 1.165) is 19.6 Å². The third-order valence-electron chi connectivity index (χ3n) is 5.68.